The van der Waals surface area contributed by atoms with Gasteiger partial charge in [-0.1, -0.05) is 31.0 Å². The van der Waals surface area contributed by atoms with Crippen LogP contribution in [0.2, 0.25) is 0 Å². The van der Waals surface area contributed by atoms with E-state index >= 15 is 0 Å². The lowest BCUT2D eigenvalue weighted by Crippen LogP contribution is -2.46. The van der Waals surface area contributed by atoms with Gasteiger partial charge in [-0.05, 0) is 45.2 Å². The maximum Gasteiger partial charge on any atom is 0.233 e. The van der Waals surface area contributed by atoms with Gasteiger partial charge in [0.15, 0.2) is 5.82 Å². The lowest BCUT2D eigenvalue weighted by Gasteiger charge is -2.36. The van der Waals surface area contributed by atoms with Crippen LogP contribution < -0.4 is 5.32 Å². The normalized spacial score (nSPS) is 22.7. The van der Waals surface area contributed by atoms with Crippen LogP contribution in [0.4, 0.5) is 10.2 Å². The molecule has 1 N–H and O–H groups in total. The van der Waals surface area contributed by atoms with Crippen molar-refractivity contribution >= 4 is 11.7 Å². The number of fused-ring (bicyclic) bond motifs is 1. The van der Waals surface area contributed by atoms with Crippen LogP contribution in [0.15, 0.2) is 24.3 Å². The zero-order valence-electron chi connectivity index (χ0n) is 19.0. The van der Waals surface area contributed by atoms with Gasteiger partial charge in [0, 0.05) is 37.8 Å². The molecule has 32 heavy (non-hydrogen) atoms. The molecule has 0 spiro atoms. The molecule has 1 atom stereocenters. The average molecular weight is 438 g/mol. The van der Waals surface area contributed by atoms with Crippen molar-refractivity contribution in [3.63, 3.8) is 0 Å². The maximum atomic E-state index is 14.9. The molecule has 1 saturated heterocycles. The van der Waals surface area contributed by atoms with Crippen molar-refractivity contribution in [2.75, 3.05) is 32.5 Å². The second kappa shape index (κ2) is 8.43. The number of nitrogens with one attached hydrogen (secondary N) is 1. The van der Waals surface area contributed by atoms with Gasteiger partial charge < -0.3 is 15.1 Å². The zero-order chi connectivity index (χ0) is 22.3. The number of anilines is 1. The van der Waals surface area contributed by atoms with Crippen LogP contribution in [0, 0.1) is 5.82 Å². The minimum absolute atomic E-state index is 0.0482. The third-order valence-corrected chi connectivity index (χ3v) is 7.58. The molecule has 3 aliphatic rings. The molecule has 5 rings (SSSR count). The van der Waals surface area contributed by atoms with E-state index in [4.69, 9.17) is 9.97 Å². The molecular formula is C25H32FN5O. The van der Waals surface area contributed by atoms with E-state index in [-0.39, 0.29) is 17.8 Å². The average Bonchev–Trinajstić information content (AvgIpc) is 3.48. The van der Waals surface area contributed by atoms with Gasteiger partial charge in [0.1, 0.15) is 11.6 Å². The largest absolute Gasteiger partial charge is 0.373 e. The highest BCUT2D eigenvalue weighted by Crippen LogP contribution is 2.46. The second-order valence-electron chi connectivity index (χ2n) is 9.52. The first-order valence-electron chi connectivity index (χ1n) is 11.9. The Bertz CT molecular complexity index is 1020. The quantitative estimate of drug-likeness (QED) is 0.788. The topological polar surface area (TPSA) is 61.4 Å². The molecule has 2 aliphatic heterocycles. The van der Waals surface area contributed by atoms with Crippen molar-refractivity contribution < 1.29 is 9.18 Å². The molecule has 7 heteroatoms. The number of carbonyl (C=O) groups excluding carboxylic acids is 1. The molecule has 1 aromatic carbocycles. The van der Waals surface area contributed by atoms with Crippen molar-refractivity contribution in [2.45, 2.75) is 62.9 Å². The van der Waals surface area contributed by atoms with Gasteiger partial charge in [0.25, 0.3) is 0 Å². The second-order valence-corrected chi connectivity index (χ2v) is 9.52. The number of halogens is 1. The SMILES string of the molecule is CNc1nc(C2CCCN2C(=O)C2(c3ccccc3F)CCCC2)nc2c1CCN(C)C2. The number of likely N-dealkylation sites (tertiary alicyclic amines) is 1. The van der Waals surface area contributed by atoms with E-state index < -0.39 is 5.41 Å². The van der Waals surface area contributed by atoms with E-state index in [1.165, 1.54) is 11.6 Å². The van der Waals surface area contributed by atoms with Crippen molar-refractivity contribution in [1.82, 2.24) is 19.8 Å². The van der Waals surface area contributed by atoms with Crippen LogP contribution in [0.3, 0.4) is 0 Å². The molecule has 1 unspecified atom stereocenters. The van der Waals surface area contributed by atoms with Crippen LogP contribution in [0.25, 0.3) is 0 Å². The third-order valence-electron chi connectivity index (χ3n) is 7.58. The minimum atomic E-state index is -0.770. The van der Waals surface area contributed by atoms with E-state index in [9.17, 15) is 9.18 Å². The summed E-state index contributed by atoms with van der Waals surface area (Å²) in [7, 11) is 4.00. The van der Waals surface area contributed by atoms with Crippen LogP contribution in [0.5, 0.6) is 0 Å². The monoisotopic (exact) mass is 437 g/mol. The first-order valence-corrected chi connectivity index (χ1v) is 11.9. The van der Waals surface area contributed by atoms with Gasteiger partial charge >= 0.3 is 0 Å². The smallest absolute Gasteiger partial charge is 0.233 e. The summed E-state index contributed by atoms with van der Waals surface area (Å²) in [5, 5.41) is 3.25. The summed E-state index contributed by atoms with van der Waals surface area (Å²) >= 11 is 0. The van der Waals surface area contributed by atoms with E-state index in [0.717, 1.165) is 62.5 Å². The molecule has 2 fully saturated rings. The molecule has 1 saturated carbocycles. The van der Waals surface area contributed by atoms with Gasteiger partial charge in [-0.3, -0.25) is 4.79 Å². The fourth-order valence-corrected chi connectivity index (χ4v) is 5.92. The van der Waals surface area contributed by atoms with Gasteiger partial charge in [0.2, 0.25) is 5.91 Å². The number of carbonyl (C=O) groups is 1. The van der Waals surface area contributed by atoms with Gasteiger partial charge in [-0.25, -0.2) is 14.4 Å². The standard InChI is InChI=1S/C25H32FN5O/c1-27-22-17-11-15-30(2)16-20(17)28-23(29-22)21-10-7-14-31(21)24(32)25(12-5-6-13-25)18-8-3-4-9-19(18)26/h3-4,8-9,21H,5-7,10-16H2,1-2H3,(H,27,28,29). The summed E-state index contributed by atoms with van der Waals surface area (Å²) < 4.78 is 14.9. The highest BCUT2D eigenvalue weighted by molar-refractivity contribution is 5.89. The third kappa shape index (κ3) is 3.47. The van der Waals surface area contributed by atoms with Gasteiger partial charge in [-0.15, -0.1) is 0 Å². The van der Waals surface area contributed by atoms with Gasteiger partial charge in [0.05, 0.1) is 17.2 Å². The highest BCUT2D eigenvalue weighted by atomic mass is 19.1. The Morgan fingerprint density at radius 2 is 1.94 bits per heavy atom. The Morgan fingerprint density at radius 1 is 1.16 bits per heavy atom. The van der Waals surface area contributed by atoms with Crippen LogP contribution in [0.1, 0.15) is 67.2 Å². The summed E-state index contributed by atoms with van der Waals surface area (Å²) in [5.74, 6) is 1.37. The Balaban J connectivity index is 1.52. The zero-order valence-corrected chi connectivity index (χ0v) is 19.0. The molecule has 2 aromatic rings. The molecule has 0 bridgehead atoms. The fourth-order valence-electron chi connectivity index (χ4n) is 5.92. The fraction of sp³-hybridized carbons (Fsp3) is 0.560. The number of aromatic nitrogens is 2. The number of nitrogens with zero attached hydrogens (tertiary/aromatic N) is 4. The summed E-state index contributed by atoms with van der Waals surface area (Å²) in [5.41, 5.74) is 2.02. The van der Waals surface area contributed by atoms with E-state index in [2.05, 4.69) is 17.3 Å². The molecule has 1 aliphatic carbocycles. The van der Waals surface area contributed by atoms with E-state index in [1.807, 2.05) is 18.0 Å². The van der Waals surface area contributed by atoms with Crippen molar-refractivity contribution in [2.24, 2.45) is 0 Å². The summed E-state index contributed by atoms with van der Waals surface area (Å²) in [4.78, 5) is 28.1. The number of amides is 1. The lowest BCUT2D eigenvalue weighted by atomic mass is 9.77. The number of benzene rings is 1. The van der Waals surface area contributed by atoms with E-state index in [0.29, 0.717) is 24.9 Å². The van der Waals surface area contributed by atoms with Crippen LogP contribution in [-0.4, -0.2) is 52.9 Å². The molecule has 170 valence electrons. The van der Waals surface area contributed by atoms with Gasteiger partial charge in [-0.2, -0.15) is 0 Å². The molecule has 6 nitrogen and oxygen atoms in total. The molecule has 1 aromatic heterocycles. The Hall–Kier alpha value is -2.54. The number of likely N-dealkylation sites (N-methyl/N-ethyl adjacent to an activating group) is 1. The first kappa shape index (κ1) is 21.3. The number of hydrogen-bond donors (Lipinski definition) is 1. The number of rotatable bonds is 4. The number of hydrogen-bond acceptors (Lipinski definition) is 5. The van der Waals surface area contributed by atoms with Crippen molar-refractivity contribution in [3.8, 4) is 0 Å². The maximum absolute atomic E-state index is 14.9. The van der Waals surface area contributed by atoms with Crippen molar-refractivity contribution in [3.05, 3.63) is 52.7 Å². The Kier molecular flexibility index (Phi) is 5.61. The van der Waals surface area contributed by atoms with Crippen LogP contribution in [-0.2, 0) is 23.2 Å². The minimum Gasteiger partial charge on any atom is -0.373 e. The molecule has 1 amide bonds. The van der Waals surface area contributed by atoms with Crippen molar-refractivity contribution in [1.29, 1.82) is 0 Å². The predicted octanol–water partition coefficient (Wildman–Crippen LogP) is 3.82. The van der Waals surface area contributed by atoms with E-state index in [1.54, 1.807) is 12.1 Å². The Labute approximate surface area is 189 Å². The molecule has 0 radical (unpaired) electrons. The molecule has 3 heterocycles. The lowest BCUT2D eigenvalue weighted by molar-refractivity contribution is -0.138. The molecular weight excluding hydrogens is 405 g/mol. The van der Waals surface area contributed by atoms with Crippen LogP contribution >= 0.6 is 0 Å². The summed E-state index contributed by atoms with van der Waals surface area (Å²) in [6.45, 7) is 2.46. The summed E-state index contributed by atoms with van der Waals surface area (Å²) in [6, 6.07) is 6.66. The predicted molar refractivity (Wildman–Crippen MR) is 122 cm³/mol. The summed E-state index contributed by atoms with van der Waals surface area (Å²) in [6.07, 6.45) is 5.98. The first-order chi connectivity index (χ1) is 15.5. The highest BCUT2D eigenvalue weighted by Gasteiger charge is 2.49. The Morgan fingerprint density at radius 3 is 2.69 bits per heavy atom.